The Hall–Kier alpha value is -1.71. The molecule has 1 heterocycles. The summed E-state index contributed by atoms with van der Waals surface area (Å²) in [6.07, 6.45) is 3.88. The number of nitrogens with two attached hydrogens (primary N) is 1. The van der Waals surface area contributed by atoms with Crippen LogP contribution in [0, 0.1) is 5.92 Å². The summed E-state index contributed by atoms with van der Waals surface area (Å²) in [6.45, 7) is 4.40. The number of imidazole rings is 1. The highest BCUT2D eigenvalue weighted by Gasteiger charge is 2.25. The fourth-order valence-electron chi connectivity index (χ4n) is 2.33. The Morgan fingerprint density at radius 2 is 2.28 bits per heavy atom. The molecule has 1 aromatic carbocycles. The number of aromatic amines is 1. The predicted octanol–water partition coefficient (Wildman–Crippen LogP) is 2.77. The number of nitrogens with zero attached hydrogens (tertiary/aromatic N) is 2. The first-order valence-electron chi connectivity index (χ1n) is 6.76. The first kappa shape index (κ1) is 11.4. The minimum atomic E-state index is 0.780. The second kappa shape index (κ2) is 4.52. The van der Waals surface area contributed by atoms with Gasteiger partial charge in [-0.15, -0.1) is 0 Å². The van der Waals surface area contributed by atoms with Gasteiger partial charge in [-0.1, -0.05) is 6.92 Å². The predicted molar refractivity (Wildman–Crippen MR) is 75.7 cm³/mol. The molecule has 0 radical (unpaired) electrons. The Morgan fingerprint density at radius 3 is 3.00 bits per heavy atom. The van der Waals surface area contributed by atoms with E-state index in [1.54, 1.807) is 0 Å². The van der Waals surface area contributed by atoms with Crippen LogP contribution in [-0.4, -0.2) is 23.1 Å². The van der Waals surface area contributed by atoms with E-state index >= 15 is 0 Å². The molecule has 0 bridgehead atoms. The molecule has 1 aliphatic carbocycles. The molecular weight excluding hydrogens is 224 g/mol. The molecule has 0 saturated heterocycles. The molecule has 3 rings (SSSR count). The first-order chi connectivity index (χ1) is 8.76. The minimum Gasteiger partial charge on any atom is -0.399 e. The average molecular weight is 244 g/mol. The second-order valence-electron chi connectivity index (χ2n) is 5.23. The third kappa shape index (κ3) is 2.28. The molecule has 0 spiro atoms. The zero-order valence-electron chi connectivity index (χ0n) is 10.8. The molecule has 96 valence electrons. The standard InChI is InChI=1S/C14H20N4/c1-2-7-18(9-10-3-4-10)14-16-12-6-5-11(15)8-13(12)17-14/h5-6,8,10H,2-4,7,9,15H2,1H3,(H,16,17). The van der Waals surface area contributed by atoms with Crippen molar-refractivity contribution in [2.75, 3.05) is 23.7 Å². The fourth-order valence-corrected chi connectivity index (χ4v) is 2.33. The van der Waals surface area contributed by atoms with Crippen molar-refractivity contribution in [1.29, 1.82) is 0 Å². The van der Waals surface area contributed by atoms with Gasteiger partial charge in [-0.3, -0.25) is 0 Å². The topological polar surface area (TPSA) is 57.9 Å². The summed E-state index contributed by atoms with van der Waals surface area (Å²) in [5.41, 5.74) is 8.60. The van der Waals surface area contributed by atoms with Crippen LogP contribution < -0.4 is 10.6 Å². The molecule has 1 saturated carbocycles. The molecule has 1 aromatic heterocycles. The third-order valence-corrected chi connectivity index (χ3v) is 3.46. The van der Waals surface area contributed by atoms with Gasteiger partial charge < -0.3 is 15.6 Å². The van der Waals surface area contributed by atoms with Crippen LogP contribution in [0.25, 0.3) is 11.0 Å². The number of hydrogen-bond donors (Lipinski definition) is 2. The number of H-pyrrole nitrogens is 1. The zero-order valence-corrected chi connectivity index (χ0v) is 10.8. The van der Waals surface area contributed by atoms with Crippen molar-refractivity contribution >= 4 is 22.7 Å². The van der Waals surface area contributed by atoms with Crippen LogP contribution in [0.5, 0.6) is 0 Å². The van der Waals surface area contributed by atoms with Crippen LogP contribution >= 0.6 is 0 Å². The van der Waals surface area contributed by atoms with Crippen LogP contribution in [0.3, 0.4) is 0 Å². The van der Waals surface area contributed by atoms with Crippen molar-refractivity contribution in [2.24, 2.45) is 5.92 Å². The summed E-state index contributed by atoms with van der Waals surface area (Å²) in [5, 5.41) is 0. The zero-order chi connectivity index (χ0) is 12.5. The minimum absolute atomic E-state index is 0.780. The van der Waals surface area contributed by atoms with Gasteiger partial charge >= 0.3 is 0 Å². The van der Waals surface area contributed by atoms with E-state index < -0.39 is 0 Å². The number of hydrogen-bond acceptors (Lipinski definition) is 3. The molecule has 4 heteroatoms. The Morgan fingerprint density at radius 1 is 1.44 bits per heavy atom. The van der Waals surface area contributed by atoms with Crippen LogP contribution in [-0.2, 0) is 0 Å². The summed E-state index contributed by atoms with van der Waals surface area (Å²) in [5.74, 6) is 1.86. The molecule has 0 atom stereocenters. The van der Waals surface area contributed by atoms with Crippen LogP contribution in [0.4, 0.5) is 11.6 Å². The maximum absolute atomic E-state index is 5.80. The maximum Gasteiger partial charge on any atom is 0.203 e. The van der Waals surface area contributed by atoms with Crippen LogP contribution in [0.2, 0.25) is 0 Å². The summed E-state index contributed by atoms with van der Waals surface area (Å²) in [7, 11) is 0. The van der Waals surface area contributed by atoms with E-state index in [1.807, 2.05) is 18.2 Å². The van der Waals surface area contributed by atoms with Crippen molar-refractivity contribution in [3.05, 3.63) is 18.2 Å². The molecule has 3 N–H and O–H groups in total. The van der Waals surface area contributed by atoms with Gasteiger partial charge in [0.1, 0.15) is 0 Å². The van der Waals surface area contributed by atoms with Gasteiger partial charge in [-0.25, -0.2) is 4.98 Å². The molecular formula is C14H20N4. The number of fused-ring (bicyclic) bond motifs is 1. The van der Waals surface area contributed by atoms with Crippen molar-refractivity contribution < 1.29 is 0 Å². The van der Waals surface area contributed by atoms with Gasteiger partial charge in [0.2, 0.25) is 5.95 Å². The smallest absolute Gasteiger partial charge is 0.203 e. The average Bonchev–Trinajstić information content (AvgIpc) is 3.06. The van der Waals surface area contributed by atoms with E-state index in [4.69, 9.17) is 5.73 Å². The molecule has 0 amide bonds. The summed E-state index contributed by atoms with van der Waals surface area (Å²) < 4.78 is 0. The van der Waals surface area contributed by atoms with Crippen LogP contribution in [0.1, 0.15) is 26.2 Å². The lowest BCUT2D eigenvalue weighted by molar-refractivity contribution is 0.693. The largest absolute Gasteiger partial charge is 0.399 e. The molecule has 0 aliphatic heterocycles. The van der Waals surface area contributed by atoms with Crippen molar-refractivity contribution in [1.82, 2.24) is 9.97 Å². The number of nitrogens with one attached hydrogen (secondary N) is 1. The highest BCUT2D eigenvalue weighted by atomic mass is 15.3. The highest BCUT2D eigenvalue weighted by Crippen LogP contribution is 2.31. The molecule has 1 fully saturated rings. The summed E-state index contributed by atoms with van der Waals surface area (Å²) in [4.78, 5) is 10.4. The van der Waals surface area contributed by atoms with Crippen molar-refractivity contribution in [2.45, 2.75) is 26.2 Å². The molecule has 4 nitrogen and oxygen atoms in total. The molecule has 2 aromatic rings. The normalized spacial score (nSPS) is 15.2. The van der Waals surface area contributed by atoms with E-state index in [0.717, 1.165) is 48.1 Å². The van der Waals surface area contributed by atoms with E-state index in [9.17, 15) is 0 Å². The van der Waals surface area contributed by atoms with E-state index in [2.05, 4.69) is 21.8 Å². The lowest BCUT2D eigenvalue weighted by Gasteiger charge is -2.20. The number of benzene rings is 1. The number of anilines is 2. The van der Waals surface area contributed by atoms with Gasteiger partial charge in [-0.05, 0) is 43.4 Å². The SMILES string of the molecule is CCCN(CC1CC1)c1nc2ccc(N)cc2[nH]1. The Bertz CT molecular complexity index is 542. The van der Waals surface area contributed by atoms with Gasteiger partial charge in [0.15, 0.2) is 0 Å². The lowest BCUT2D eigenvalue weighted by Crippen LogP contribution is -2.27. The third-order valence-electron chi connectivity index (χ3n) is 3.46. The van der Waals surface area contributed by atoms with E-state index in [0.29, 0.717) is 0 Å². The maximum atomic E-state index is 5.80. The van der Waals surface area contributed by atoms with Gasteiger partial charge in [0.25, 0.3) is 0 Å². The number of rotatable bonds is 5. The van der Waals surface area contributed by atoms with E-state index in [-0.39, 0.29) is 0 Å². The summed E-state index contributed by atoms with van der Waals surface area (Å²) in [6, 6.07) is 5.83. The van der Waals surface area contributed by atoms with Crippen molar-refractivity contribution in [3.63, 3.8) is 0 Å². The van der Waals surface area contributed by atoms with Crippen molar-refractivity contribution in [3.8, 4) is 0 Å². The summed E-state index contributed by atoms with van der Waals surface area (Å²) >= 11 is 0. The monoisotopic (exact) mass is 244 g/mol. The second-order valence-corrected chi connectivity index (χ2v) is 5.23. The Kier molecular flexibility index (Phi) is 2.86. The lowest BCUT2D eigenvalue weighted by atomic mass is 10.3. The first-order valence-corrected chi connectivity index (χ1v) is 6.76. The number of nitrogen functional groups attached to an aromatic ring is 1. The molecule has 1 aliphatic rings. The Balaban J connectivity index is 1.89. The van der Waals surface area contributed by atoms with Gasteiger partial charge in [0.05, 0.1) is 11.0 Å². The van der Waals surface area contributed by atoms with Gasteiger partial charge in [0, 0.05) is 18.8 Å². The Labute approximate surface area is 107 Å². The quantitative estimate of drug-likeness (QED) is 0.795. The van der Waals surface area contributed by atoms with E-state index in [1.165, 1.54) is 12.8 Å². The fraction of sp³-hybridized carbons (Fsp3) is 0.500. The molecule has 0 unspecified atom stereocenters. The van der Waals surface area contributed by atoms with Gasteiger partial charge in [-0.2, -0.15) is 0 Å². The van der Waals surface area contributed by atoms with Crippen LogP contribution in [0.15, 0.2) is 18.2 Å². The highest BCUT2D eigenvalue weighted by molar-refractivity contribution is 5.80. The molecule has 18 heavy (non-hydrogen) atoms. The number of aromatic nitrogens is 2.